The van der Waals surface area contributed by atoms with Gasteiger partial charge in [0.1, 0.15) is 0 Å². The van der Waals surface area contributed by atoms with Crippen LogP contribution in [-0.4, -0.2) is 59.1 Å². The molecule has 1 atom stereocenters. The summed E-state index contributed by atoms with van der Waals surface area (Å²) in [6, 6.07) is 0.362. The molecule has 0 bridgehead atoms. The van der Waals surface area contributed by atoms with Gasteiger partial charge >= 0.3 is 0 Å². The second-order valence-corrected chi connectivity index (χ2v) is 5.34. The summed E-state index contributed by atoms with van der Waals surface area (Å²) in [6.07, 6.45) is 2.31. The summed E-state index contributed by atoms with van der Waals surface area (Å²) in [7, 11) is 2.13. The van der Waals surface area contributed by atoms with Crippen LogP contribution >= 0.6 is 0 Å². The van der Waals surface area contributed by atoms with Crippen LogP contribution in [0.15, 0.2) is 0 Å². The Morgan fingerprint density at radius 3 is 2.57 bits per heavy atom. The average Bonchev–Trinajstić information content (AvgIpc) is 2.48. The molecule has 8 heteroatoms. The maximum Gasteiger partial charge on any atom is 0.243 e. The highest BCUT2D eigenvalue weighted by molar-refractivity contribution is 5.43. The van der Waals surface area contributed by atoms with Crippen molar-refractivity contribution in [2.24, 2.45) is 5.84 Å². The molecule has 1 aliphatic rings. The quantitative estimate of drug-likeness (QED) is 0.516. The predicted octanol–water partition coefficient (Wildman–Crippen LogP) is 0.510. The van der Waals surface area contributed by atoms with Gasteiger partial charge in [0.15, 0.2) is 0 Å². The first-order valence-corrected chi connectivity index (χ1v) is 7.59. The van der Waals surface area contributed by atoms with Crippen molar-refractivity contribution in [3.8, 4) is 0 Å². The molecule has 21 heavy (non-hydrogen) atoms. The number of likely N-dealkylation sites (N-methyl/N-ethyl adjacent to an activating group) is 1. The zero-order valence-corrected chi connectivity index (χ0v) is 13.1. The molecule has 1 saturated heterocycles. The minimum atomic E-state index is 0.362. The molecule has 8 nitrogen and oxygen atoms in total. The molecule has 1 aromatic heterocycles. The van der Waals surface area contributed by atoms with Gasteiger partial charge in [-0.25, -0.2) is 5.84 Å². The molecule has 118 valence electrons. The molecule has 1 aromatic rings. The Balaban J connectivity index is 2.16. The highest BCUT2D eigenvalue weighted by Crippen LogP contribution is 2.16. The van der Waals surface area contributed by atoms with E-state index in [0.717, 1.165) is 32.6 Å². The summed E-state index contributed by atoms with van der Waals surface area (Å²) >= 11 is 0. The number of piperidine rings is 1. The van der Waals surface area contributed by atoms with Gasteiger partial charge in [-0.3, -0.25) is 5.43 Å². The van der Waals surface area contributed by atoms with Crippen LogP contribution in [0.3, 0.4) is 0 Å². The van der Waals surface area contributed by atoms with Crippen LogP contribution in [-0.2, 0) is 0 Å². The van der Waals surface area contributed by atoms with E-state index < -0.39 is 0 Å². The van der Waals surface area contributed by atoms with Crippen molar-refractivity contribution < 1.29 is 0 Å². The minimum absolute atomic E-state index is 0.362. The number of nitrogens with zero attached hydrogens (tertiary/aromatic N) is 5. The molecule has 0 amide bonds. The number of rotatable bonds is 6. The Labute approximate surface area is 126 Å². The topological polar surface area (TPSA) is 95.2 Å². The summed E-state index contributed by atoms with van der Waals surface area (Å²) in [6.45, 7) is 7.98. The third kappa shape index (κ3) is 4.15. The van der Waals surface area contributed by atoms with E-state index in [4.69, 9.17) is 5.84 Å². The fraction of sp³-hybridized carbons (Fsp3) is 0.769. The molecule has 0 saturated carbocycles. The lowest BCUT2D eigenvalue weighted by atomic mass is 10.1. The van der Waals surface area contributed by atoms with Gasteiger partial charge < -0.3 is 15.1 Å². The molecule has 1 unspecified atom stereocenters. The fourth-order valence-corrected chi connectivity index (χ4v) is 2.61. The minimum Gasteiger partial charge on any atom is -0.350 e. The lowest BCUT2D eigenvalue weighted by Gasteiger charge is -2.30. The van der Waals surface area contributed by atoms with Gasteiger partial charge in [-0.15, -0.1) is 0 Å². The van der Waals surface area contributed by atoms with Crippen molar-refractivity contribution in [1.82, 2.24) is 19.9 Å². The second kappa shape index (κ2) is 7.37. The van der Waals surface area contributed by atoms with Crippen molar-refractivity contribution in [3.05, 3.63) is 0 Å². The number of nitrogen functional groups attached to an aromatic ring is 1. The Morgan fingerprint density at radius 1 is 1.24 bits per heavy atom. The van der Waals surface area contributed by atoms with Crippen LogP contribution in [0.25, 0.3) is 0 Å². The Bertz CT molecular complexity index is 448. The summed E-state index contributed by atoms with van der Waals surface area (Å²) in [5.74, 6) is 7.09. The fourth-order valence-electron chi connectivity index (χ4n) is 2.61. The molecular formula is C13H26N8. The number of nitrogens with two attached hydrogens (primary N) is 1. The van der Waals surface area contributed by atoms with Crippen LogP contribution in [0.2, 0.25) is 0 Å². The van der Waals surface area contributed by atoms with E-state index in [9.17, 15) is 0 Å². The van der Waals surface area contributed by atoms with E-state index in [2.05, 4.69) is 56.4 Å². The first-order chi connectivity index (χ1) is 10.2. The molecule has 0 aromatic carbocycles. The van der Waals surface area contributed by atoms with E-state index in [1.165, 1.54) is 6.42 Å². The lowest BCUT2D eigenvalue weighted by Crippen LogP contribution is -2.40. The Kier molecular flexibility index (Phi) is 5.51. The van der Waals surface area contributed by atoms with Crippen LogP contribution in [0.4, 0.5) is 17.8 Å². The normalized spacial score (nSPS) is 19.3. The number of hydrogen-bond acceptors (Lipinski definition) is 8. The Hall–Kier alpha value is -1.67. The van der Waals surface area contributed by atoms with Crippen molar-refractivity contribution in [2.45, 2.75) is 32.7 Å². The van der Waals surface area contributed by atoms with Crippen molar-refractivity contribution in [1.29, 1.82) is 0 Å². The first kappa shape index (κ1) is 15.7. The largest absolute Gasteiger partial charge is 0.350 e. The van der Waals surface area contributed by atoms with E-state index in [-0.39, 0.29) is 0 Å². The molecule has 1 fully saturated rings. The van der Waals surface area contributed by atoms with Crippen molar-refractivity contribution >= 4 is 17.8 Å². The molecule has 4 N–H and O–H groups in total. The van der Waals surface area contributed by atoms with Gasteiger partial charge in [0, 0.05) is 25.7 Å². The number of nitrogens with one attached hydrogen (secondary N) is 2. The van der Waals surface area contributed by atoms with E-state index in [1.54, 1.807) is 0 Å². The summed E-state index contributed by atoms with van der Waals surface area (Å²) in [5.41, 5.74) is 2.52. The summed E-state index contributed by atoms with van der Waals surface area (Å²) < 4.78 is 0. The molecule has 0 spiro atoms. The molecule has 0 radical (unpaired) electrons. The van der Waals surface area contributed by atoms with Crippen molar-refractivity contribution in [3.63, 3.8) is 0 Å². The molecule has 0 aliphatic carbocycles. The monoisotopic (exact) mass is 294 g/mol. The van der Waals surface area contributed by atoms with Crippen LogP contribution < -0.4 is 21.5 Å². The van der Waals surface area contributed by atoms with Crippen LogP contribution in [0.1, 0.15) is 26.7 Å². The Morgan fingerprint density at radius 2 is 1.95 bits per heavy atom. The van der Waals surface area contributed by atoms with Gasteiger partial charge in [-0.2, -0.15) is 15.0 Å². The highest BCUT2D eigenvalue weighted by atomic mass is 15.4. The number of anilines is 3. The molecule has 1 aliphatic heterocycles. The maximum atomic E-state index is 5.47. The predicted molar refractivity (Wildman–Crippen MR) is 85.3 cm³/mol. The average molecular weight is 294 g/mol. The van der Waals surface area contributed by atoms with E-state index in [0.29, 0.717) is 23.9 Å². The maximum absolute atomic E-state index is 5.47. The van der Waals surface area contributed by atoms with Gasteiger partial charge in [0.2, 0.25) is 17.8 Å². The lowest BCUT2D eigenvalue weighted by molar-refractivity contribution is 0.260. The van der Waals surface area contributed by atoms with Crippen molar-refractivity contribution in [2.75, 3.05) is 48.9 Å². The summed E-state index contributed by atoms with van der Waals surface area (Å²) in [5, 5.41) is 3.40. The number of hydrogen-bond donors (Lipinski definition) is 3. The summed E-state index contributed by atoms with van der Waals surface area (Å²) in [4.78, 5) is 17.5. The number of aromatic nitrogens is 3. The third-order valence-electron chi connectivity index (χ3n) is 3.76. The zero-order chi connectivity index (χ0) is 15.2. The second-order valence-electron chi connectivity index (χ2n) is 5.34. The van der Waals surface area contributed by atoms with Gasteiger partial charge in [0.05, 0.1) is 0 Å². The van der Waals surface area contributed by atoms with Crippen LogP contribution in [0.5, 0.6) is 0 Å². The molecule has 2 rings (SSSR count). The van der Waals surface area contributed by atoms with E-state index in [1.807, 2.05) is 0 Å². The van der Waals surface area contributed by atoms with Gasteiger partial charge in [-0.1, -0.05) is 0 Å². The number of hydrazine groups is 1. The highest BCUT2D eigenvalue weighted by Gasteiger charge is 2.19. The van der Waals surface area contributed by atoms with E-state index >= 15 is 0 Å². The van der Waals surface area contributed by atoms with Gasteiger partial charge in [-0.05, 0) is 40.3 Å². The third-order valence-corrected chi connectivity index (χ3v) is 3.76. The van der Waals surface area contributed by atoms with Gasteiger partial charge in [0.25, 0.3) is 0 Å². The van der Waals surface area contributed by atoms with Crippen LogP contribution in [0, 0.1) is 0 Å². The smallest absolute Gasteiger partial charge is 0.243 e. The SMILES string of the molecule is CCN(CC)c1nc(NN)nc(NC2CCCN(C)C2)n1. The number of likely N-dealkylation sites (tertiary alicyclic amines) is 1. The first-order valence-electron chi connectivity index (χ1n) is 7.59. The standard InChI is InChI=1S/C13H26N8/c1-4-21(5-2)13-17-11(16-12(18-13)19-14)15-10-7-6-8-20(3)9-10/h10H,4-9,14H2,1-3H3,(H2,15,16,17,18,19). The molecule has 2 heterocycles. The molecular weight excluding hydrogens is 268 g/mol. The zero-order valence-electron chi connectivity index (χ0n) is 13.1.